The van der Waals surface area contributed by atoms with Crippen LogP contribution in [0.2, 0.25) is 0 Å². The highest BCUT2D eigenvalue weighted by Crippen LogP contribution is 2.45. The second-order valence-electron chi connectivity index (χ2n) is 17.1. The predicted octanol–water partition coefficient (Wildman–Crippen LogP) is 13.7. The zero-order valence-corrected chi connectivity index (χ0v) is 51.3. The van der Waals surface area contributed by atoms with Crippen LogP contribution >= 0.6 is 31.5 Å². The van der Waals surface area contributed by atoms with Crippen molar-refractivity contribution in [2.24, 2.45) is 5.92 Å². The molecule has 0 aliphatic heterocycles. The maximum Gasteiger partial charge on any atom is 0.697 e. The van der Waals surface area contributed by atoms with Crippen LogP contribution in [0.1, 0.15) is 118 Å². The van der Waals surface area contributed by atoms with Gasteiger partial charge in [0.25, 0.3) is 0 Å². The van der Waals surface area contributed by atoms with Crippen LogP contribution in [0.4, 0.5) is 0 Å². The molecule has 20 nitrogen and oxygen atoms in total. The lowest BCUT2D eigenvalue weighted by Gasteiger charge is -2.15. The van der Waals surface area contributed by atoms with Crippen molar-refractivity contribution < 1.29 is 92.8 Å². The van der Waals surface area contributed by atoms with Gasteiger partial charge in [-0.2, -0.15) is 0 Å². The molecule has 24 heteroatoms. The average molecular weight is 1190 g/mol. The van der Waals surface area contributed by atoms with Gasteiger partial charge in [-0.25, -0.2) is 4.79 Å². The van der Waals surface area contributed by atoms with E-state index in [1.165, 1.54) is 39.2 Å². The Balaban J connectivity index is 0.000000575. The molecule has 0 bridgehead atoms. The molecule has 0 N–H and O–H groups in total. The van der Waals surface area contributed by atoms with E-state index in [2.05, 4.69) is 23.1 Å². The zero-order chi connectivity index (χ0) is 59.2. The normalized spacial score (nSPS) is 13.5. The third-order valence-corrected chi connectivity index (χ3v) is 14.8. The summed E-state index contributed by atoms with van der Waals surface area (Å²) in [6, 6.07) is 24.9. The molecule has 0 saturated heterocycles. The van der Waals surface area contributed by atoms with E-state index in [1.807, 2.05) is 50.2 Å². The summed E-state index contributed by atoms with van der Waals surface area (Å²) in [4.78, 5) is 47.4. The Labute approximate surface area is 468 Å². The van der Waals surface area contributed by atoms with Crippen LogP contribution in [0.25, 0.3) is 10.8 Å². The molecular formula is C55H82O20P4+2. The Morgan fingerprint density at radius 2 is 1.25 bits per heavy atom. The van der Waals surface area contributed by atoms with Gasteiger partial charge in [0.15, 0.2) is 19.1 Å². The van der Waals surface area contributed by atoms with Crippen LogP contribution in [-0.2, 0) is 80.3 Å². The Bertz CT molecular complexity index is 2530. The summed E-state index contributed by atoms with van der Waals surface area (Å²) in [6.45, 7) is 17.6. The highest BCUT2D eigenvalue weighted by molar-refractivity contribution is 7.53. The number of ether oxygens (including phenoxy) is 5. The molecular weight excluding hydrogens is 1100 g/mol. The van der Waals surface area contributed by atoms with Gasteiger partial charge in [-0.3, -0.25) is 23.5 Å². The molecule has 0 heterocycles. The fraction of sp³-hybridized carbons (Fsp3) is 0.527. The minimum Gasteiger partial charge on any atom is -0.497 e. The summed E-state index contributed by atoms with van der Waals surface area (Å²) in [5.74, 6) is -0.240. The number of carbonyl (C=O) groups is 4. The van der Waals surface area contributed by atoms with Crippen molar-refractivity contribution in [1.82, 2.24) is 0 Å². The van der Waals surface area contributed by atoms with E-state index in [-0.39, 0.29) is 54.7 Å². The number of benzene rings is 4. The number of unbranched alkanes of at least 4 members (excludes halogenated alkanes) is 1. The number of esters is 3. The average Bonchev–Trinajstić information content (AvgIpc) is 3.44. The van der Waals surface area contributed by atoms with E-state index >= 15 is 0 Å². The summed E-state index contributed by atoms with van der Waals surface area (Å²) in [7, 11) is -5.77. The lowest BCUT2D eigenvalue weighted by Crippen LogP contribution is -2.25. The van der Waals surface area contributed by atoms with Crippen LogP contribution in [0.5, 0.6) is 11.5 Å². The van der Waals surface area contributed by atoms with Gasteiger partial charge in [0.05, 0.1) is 64.7 Å². The maximum absolute atomic E-state index is 12.3. The SMILES string of the molecule is CCCC(CCC)C(=O)Oc1ccc(COP(C)(=O)OCC)cc1.CCOC.CCOP(C)(=O)OCCCCOC(=O)C(C)c1ccc2cc(OC)ccc2c1.CO[P+](=O)OC(COC(=O)c1ccccc1C=O)CO[P+](C)=O. The van der Waals surface area contributed by atoms with Crippen molar-refractivity contribution in [3.8, 4) is 11.5 Å². The van der Waals surface area contributed by atoms with Crippen molar-refractivity contribution >= 4 is 66.4 Å². The minimum absolute atomic E-state index is 0.0415. The van der Waals surface area contributed by atoms with Crippen LogP contribution in [-0.4, -0.2) is 118 Å². The third-order valence-electron chi connectivity index (χ3n) is 10.8. The molecule has 440 valence electrons. The number of carbonyl (C=O) groups excluding carboxylic acids is 4. The highest BCUT2D eigenvalue weighted by atomic mass is 31.2. The second kappa shape index (κ2) is 41.4. The number of rotatable bonds is 33. The smallest absolute Gasteiger partial charge is 0.497 e. The quantitative estimate of drug-likeness (QED) is 0.0141. The number of fused-ring (bicyclic) bond motifs is 1. The topological polar surface area (TPSA) is 247 Å². The van der Waals surface area contributed by atoms with E-state index in [4.69, 9.17) is 46.1 Å². The van der Waals surface area contributed by atoms with Crippen molar-refractivity contribution in [3.63, 3.8) is 0 Å². The third kappa shape index (κ3) is 31.2. The largest absolute Gasteiger partial charge is 0.697 e. The van der Waals surface area contributed by atoms with Crippen molar-refractivity contribution in [1.29, 1.82) is 0 Å². The van der Waals surface area contributed by atoms with Gasteiger partial charge < -0.3 is 41.8 Å². The van der Waals surface area contributed by atoms with Crippen molar-refractivity contribution in [3.05, 3.63) is 107 Å². The van der Waals surface area contributed by atoms with Crippen molar-refractivity contribution in [2.75, 3.05) is 87.6 Å². The standard InChI is InChI=1S/C21H29O6P.C18H29O5P.C13H16O8P2.C3H8O/c1-5-26-28(4,23)27-13-7-6-12-25-21(22)16(2)17-8-9-19-15-20(24-3)11-10-18(19)14-17;1-5-8-16(9-6-2)18(19)23-17-12-10-15(11-13-17)14-22-24(4,20)21-7-3;1-18-23(17)21-11(9-20-22(2)16)8-19-13(15)12-6-4-3-5-10(12)7-14;1-3-4-2/h8-11,14-16H,5-7,12-13H2,1-4H3;10-13,16H,5-9,14H2,1-4H3;3-7,11H,8-9H2,1-2H3;3H2,1-2H3/q;;+2;. The van der Waals surface area contributed by atoms with Gasteiger partial charge in [0.1, 0.15) is 24.7 Å². The number of hydrogen-bond acceptors (Lipinski definition) is 20. The number of aldehydes is 1. The maximum atomic E-state index is 12.3. The molecule has 0 fully saturated rings. The highest BCUT2D eigenvalue weighted by Gasteiger charge is 2.30. The number of hydrogen-bond donors (Lipinski definition) is 0. The van der Waals surface area contributed by atoms with Crippen molar-refractivity contribution in [2.45, 2.75) is 98.7 Å². The van der Waals surface area contributed by atoms with Crippen LogP contribution < -0.4 is 9.47 Å². The second-order valence-corrected chi connectivity index (χ2v) is 23.4. The van der Waals surface area contributed by atoms with E-state index in [1.54, 1.807) is 64.5 Å². The molecule has 0 spiro atoms. The molecule has 0 aromatic heterocycles. The Hall–Kier alpha value is -4.64. The first-order chi connectivity index (χ1) is 37.7. The molecule has 0 radical (unpaired) electrons. The Morgan fingerprint density at radius 1 is 0.671 bits per heavy atom. The molecule has 6 atom stereocenters. The summed E-state index contributed by atoms with van der Waals surface area (Å²) in [5, 5.41) is 2.11. The fourth-order valence-electron chi connectivity index (χ4n) is 6.67. The van der Waals surface area contributed by atoms with Crippen LogP contribution in [0, 0.1) is 5.92 Å². The minimum atomic E-state index is -3.01. The number of methoxy groups -OCH3 is 2. The first-order valence-corrected chi connectivity index (χ1v) is 32.6. The molecule has 0 saturated carbocycles. The lowest BCUT2D eigenvalue weighted by atomic mass is 9.98. The summed E-state index contributed by atoms with van der Waals surface area (Å²) in [6.07, 6.45) is 4.53. The summed E-state index contributed by atoms with van der Waals surface area (Å²) in [5.41, 5.74) is 2.04. The van der Waals surface area contributed by atoms with E-state index < -0.39 is 43.5 Å². The van der Waals surface area contributed by atoms with Gasteiger partial charge in [0, 0.05) is 37.2 Å². The molecule has 4 aromatic carbocycles. The zero-order valence-electron chi connectivity index (χ0n) is 47.7. The van der Waals surface area contributed by atoms with Gasteiger partial charge in [0.2, 0.25) is 0 Å². The predicted molar refractivity (Wildman–Crippen MR) is 304 cm³/mol. The summed E-state index contributed by atoms with van der Waals surface area (Å²) >= 11 is 0. The lowest BCUT2D eigenvalue weighted by molar-refractivity contribution is -0.145. The van der Waals surface area contributed by atoms with Crippen LogP contribution in [0.15, 0.2) is 84.9 Å². The van der Waals surface area contributed by atoms with E-state index in [0.717, 1.165) is 59.9 Å². The summed E-state index contributed by atoms with van der Waals surface area (Å²) < 4.78 is 107. The van der Waals surface area contributed by atoms with Gasteiger partial charge in [-0.1, -0.05) is 81.3 Å². The molecule has 0 aliphatic rings. The monoisotopic (exact) mass is 1190 g/mol. The van der Waals surface area contributed by atoms with Crippen LogP contribution in [0.3, 0.4) is 0 Å². The Morgan fingerprint density at radius 3 is 1.82 bits per heavy atom. The molecule has 0 amide bonds. The molecule has 0 aliphatic carbocycles. The van der Waals surface area contributed by atoms with E-state index in [9.17, 15) is 37.4 Å². The Kier molecular flexibility index (Phi) is 37.9. The fourth-order valence-corrected chi connectivity index (χ4v) is 9.43. The molecule has 79 heavy (non-hydrogen) atoms. The molecule has 4 aromatic rings. The van der Waals surface area contributed by atoms with E-state index in [0.29, 0.717) is 51.3 Å². The molecule has 4 rings (SSSR count). The van der Waals surface area contributed by atoms with Gasteiger partial charge >= 0.3 is 49.4 Å². The van der Waals surface area contributed by atoms with Gasteiger partial charge in [-0.05, 0) is 110 Å². The molecule has 6 unspecified atom stereocenters. The first-order valence-electron chi connectivity index (χ1n) is 25.9. The van der Waals surface area contributed by atoms with Gasteiger partial charge in [-0.15, -0.1) is 13.6 Å². The first kappa shape index (κ1) is 72.4.